The quantitative estimate of drug-likeness (QED) is 0.850. The maximum absolute atomic E-state index is 12.3. The monoisotopic (exact) mass is 269 g/mol. The van der Waals surface area contributed by atoms with Gasteiger partial charge in [0, 0.05) is 6.07 Å². The van der Waals surface area contributed by atoms with Gasteiger partial charge in [0.1, 0.15) is 0 Å². The molecule has 0 aliphatic heterocycles. The smallest absolute Gasteiger partial charge is 0.435 e. The molecule has 0 amide bonds. The van der Waals surface area contributed by atoms with Crippen LogP contribution in [0.3, 0.4) is 0 Å². The number of ether oxygens (including phenoxy) is 1. The highest BCUT2D eigenvalue weighted by Gasteiger charge is 2.33. The largest absolute Gasteiger partial charge is 0.435 e. The molecule has 0 spiro atoms. The Morgan fingerprint density at radius 2 is 1.84 bits per heavy atom. The molecule has 7 heteroatoms. The van der Waals surface area contributed by atoms with E-state index in [9.17, 15) is 13.2 Å². The molecule has 19 heavy (non-hydrogen) atoms. The second-order valence-corrected chi connectivity index (χ2v) is 3.84. The van der Waals surface area contributed by atoms with Crippen LogP contribution in [0.25, 0.3) is 0 Å². The summed E-state index contributed by atoms with van der Waals surface area (Å²) in [6.07, 6.45) is -4.52. The third-order valence-corrected chi connectivity index (χ3v) is 2.43. The van der Waals surface area contributed by atoms with Gasteiger partial charge in [-0.05, 0) is 24.6 Å². The maximum Gasteiger partial charge on any atom is 0.435 e. The number of nitrogens with zero attached hydrogens (tertiary/aromatic N) is 2. The highest BCUT2D eigenvalue weighted by molar-refractivity contribution is 5.58. The minimum atomic E-state index is -4.52. The Labute approximate surface area is 107 Å². The van der Waals surface area contributed by atoms with Crippen molar-refractivity contribution in [2.75, 3.05) is 5.73 Å². The molecule has 1 aromatic carbocycles. The van der Waals surface area contributed by atoms with Crippen molar-refractivity contribution in [1.82, 2.24) is 10.2 Å². The number of benzene rings is 1. The molecule has 1 aromatic heterocycles. The Morgan fingerprint density at radius 1 is 1.11 bits per heavy atom. The predicted octanol–water partition coefficient (Wildman–Crippen LogP) is 3.18. The highest BCUT2D eigenvalue weighted by Crippen LogP contribution is 2.30. The average Bonchev–Trinajstić information content (AvgIpc) is 2.35. The number of para-hydroxylation sites is 1. The van der Waals surface area contributed by atoms with Gasteiger partial charge in [-0.2, -0.15) is 13.2 Å². The van der Waals surface area contributed by atoms with E-state index in [2.05, 4.69) is 10.2 Å². The van der Waals surface area contributed by atoms with Crippen molar-refractivity contribution in [2.24, 2.45) is 0 Å². The van der Waals surface area contributed by atoms with E-state index in [0.29, 0.717) is 11.4 Å². The zero-order valence-electron chi connectivity index (χ0n) is 9.90. The standard InChI is InChI=1S/C12H10F3N3O/c1-7-3-2-4-8(11(7)16)19-10-6-5-9(17-18-10)12(13,14)15/h2-6H,16H2,1H3. The molecule has 0 aliphatic rings. The van der Waals surface area contributed by atoms with E-state index >= 15 is 0 Å². The van der Waals surface area contributed by atoms with Crippen LogP contribution in [0, 0.1) is 6.92 Å². The van der Waals surface area contributed by atoms with Crippen molar-refractivity contribution < 1.29 is 17.9 Å². The van der Waals surface area contributed by atoms with Gasteiger partial charge in [0.05, 0.1) is 5.69 Å². The number of aryl methyl sites for hydroxylation is 1. The summed E-state index contributed by atoms with van der Waals surface area (Å²) in [6, 6.07) is 7.01. The summed E-state index contributed by atoms with van der Waals surface area (Å²) in [5, 5.41) is 6.42. The molecule has 2 aromatic rings. The fourth-order valence-electron chi connectivity index (χ4n) is 1.38. The number of hydrogen-bond donors (Lipinski definition) is 1. The van der Waals surface area contributed by atoms with E-state index in [1.807, 2.05) is 0 Å². The third kappa shape index (κ3) is 2.93. The van der Waals surface area contributed by atoms with Crippen molar-refractivity contribution in [3.63, 3.8) is 0 Å². The molecule has 2 rings (SSSR count). The van der Waals surface area contributed by atoms with Gasteiger partial charge < -0.3 is 10.5 Å². The van der Waals surface area contributed by atoms with E-state index < -0.39 is 11.9 Å². The SMILES string of the molecule is Cc1cccc(Oc2ccc(C(F)(F)F)nn2)c1N. The molecule has 1 heterocycles. The van der Waals surface area contributed by atoms with E-state index in [1.165, 1.54) is 0 Å². The van der Waals surface area contributed by atoms with Gasteiger partial charge in [-0.15, -0.1) is 10.2 Å². The summed E-state index contributed by atoms with van der Waals surface area (Å²) in [6.45, 7) is 1.79. The zero-order valence-corrected chi connectivity index (χ0v) is 9.90. The summed E-state index contributed by atoms with van der Waals surface area (Å²) < 4.78 is 42.2. The fourth-order valence-corrected chi connectivity index (χ4v) is 1.38. The Hall–Kier alpha value is -2.31. The van der Waals surface area contributed by atoms with E-state index in [0.717, 1.165) is 17.7 Å². The van der Waals surface area contributed by atoms with Gasteiger partial charge in [-0.1, -0.05) is 12.1 Å². The van der Waals surface area contributed by atoms with Crippen LogP contribution in [0.5, 0.6) is 11.6 Å². The van der Waals surface area contributed by atoms with E-state index in [1.54, 1.807) is 25.1 Å². The molecular weight excluding hydrogens is 259 g/mol. The van der Waals surface area contributed by atoms with Crippen molar-refractivity contribution in [1.29, 1.82) is 0 Å². The average molecular weight is 269 g/mol. The van der Waals surface area contributed by atoms with Gasteiger partial charge in [0.25, 0.3) is 0 Å². The fraction of sp³-hybridized carbons (Fsp3) is 0.167. The zero-order chi connectivity index (χ0) is 14.0. The van der Waals surface area contributed by atoms with E-state index in [4.69, 9.17) is 10.5 Å². The number of nitrogen functional groups attached to an aromatic ring is 1. The second-order valence-electron chi connectivity index (χ2n) is 3.84. The number of hydrogen-bond acceptors (Lipinski definition) is 4. The Balaban J connectivity index is 2.23. The van der Waals surface area contributed by atoms with Gasteiger partial charge in [0.2, 0.25) is 5.88 Å². The molecule has 100 valence electrons. The van der Waals surface area contributed by atoms with Crippen LogP contribution in [0.1, 0.15) is 11.3 Å². The van der Waals surface area contributed by atoms with Crippen LogP contribution in [0.15, 0.2) is 30.3 Å². The van der Waals surface area contributed by atoms with Crippen LogP contribution in [0.4, 0.5) is 18.9 Å². The number of halogens is 3. The summed E-state index contributed by atoms with van der Waals surface area (Å²) in [7, 11) is 0. The summed E-state index contributed by atoms with van der Waals surface area (Å²) in [4.78, 5) is 0. The lowest BCUT2D eigenvalue weighted by Gasteiger charge is -2.09. The van der Waals surface area contributed by atoms with Crippen molar-refractivity contribution in [3.05, 3.63) is 41.6 Å². The minimum Gasteiger partial charge on any atom is -0.435 e. The van der Waals surface area contributed by atoms with Gasteiger partial charge in [-0.25, -0.2) is 0 Å². The van der Waals surface area contributed by atoms with Crippen LogP contribution in [-0.4, -0.2) is 10.2 Å². The first kappa shape index (κ1) is 13.1. The Kier molecular flexibility index (Phi) is 3.28. The number of alkyl halides is 3. The highest BCUT2D eigenvalue weighted by atomic mass is 19.4. The van der Waals surface area contributed by atoms with Crippen LogP contribution >= 0.6 is 0 Å². The van der Waals surface area contributed by atoms with Crippen LogP contribution in [0.2, 0.25) is 0 Å². The lowest BCUT2D eigenvalue weighted by molar-refractivity contribution is -0.141. The Morgan fingerprint density at radius 3 is 2.42 bits per heavy atom. The number of aromatic nitrogens is 2. The normalized spacial score (nSPS) is 11.4. The molecule has 0 saturated heterocycles. The van der Waals surface area contributed by atoms with Crippen molar-refractivity contribution in [3.8, 4) is 11.6 Å². The lowest BCUT2D eigenvalue weighted by Crippen LogP contribution is -2.09. The van der Waals surface area contributed by atoms with Crippen molar-refractivity contribution >= 4 is 5.69 Å². The van der Waals surface area contributed by atoms with Gasteiger partial charge in [-0.3, -0.25) is 0 Å². The molecular formula is C12H10F3N3O. The molecule has 0 radical (unpaired) electrons. The van der Waals surface area contributed by atoms with Crippen LogP contribution < -0.4 is 10.5 Å². The van der Waals surface area contributed by atoms with Crippen molar-refractivity contribution in [2.45, 2.75) is 13.1 Å². The molecule has 4 nitrogen and oxygen atoms in total. The summed E-state index contributed by atoms with van der Waals surface area (Å²) in [5.41, 5.74) is 5.91. The number of rotatable bonds is 2. The molecule has 0 fully saturated rings. The molecule has 0 unspecified atom stereocenters. The predicted molar refractivity (Wildman–Crippen MR) is 62.7 cm³/mol. The minimum absolute atomic E-state index is 0.0506. The number of nitrogens with two attached hydrogens (primary N) is 1. The van der Waals surface area contributed by atoms with Crippen LogP contribution in [-0.2, 0) is 6.18 Å². The summed E-state index contributed by atoms with van der Waals surface area (Å²) in [5.74, 6) is 0.277. The second kappa shape index (κ2) is 4.75. The molecule has 0 saturated carbocycles. The van der Waals surface area contributed by atoms with Gasteiger partial charge in [0.15, 0.2) is 11.4 Å². The Bertz CT molecular complexity index is 582. The van der Waals surface area contributed by atoms with Gasteiger partial charge >= 0.3 is 6.18 Å². The maximum atomic E-state index is 12.3. The summed E-state index contributed by atoms with van der Waals surface area (Å²) >= 11 is 0. The van der Waals surface area contributed by atoms with E-state index in [-0.39, 0.29) is 5.88 Å². The first-order valence-electron chi connectivity index (χ1n) is 5.32. The topological polar surface area (TPSA) is 61.0 Å². The molecule has 0 bridgehead atoms. The molecule has 2 N–H and O–H groups in total. The molecule has 0 aliphatic carbocycles. The first-order chi connectivity index (χ1) is 8.88. The lowest BCUT2D eigenvalue weighted by atomic mass is 10.2. The number of anilines is 1. The first-order valence-corrected chi connectivity index (χ1v) is 5.32. The third-order valence-electron chi connectivity index (χ3n) is 2.43. The molecule has 0 atom stereocenters.